The van der Waals surface area contributed by atoms with Crippen molar-refractivity contribution in [1.29, 1.82) is 0 Å². The molecule has 0 aromatic carbocycles. The summed E-state index contributed by atoms with van der Waals surface area (Å²) in [6.45, 7) is 13.9. The number of allylic oxidation sites excluding steroid dienone is 1. The summed E-state index contributed by atoms with van der Waals surface area (Å²) in [7, 11) is 0. The predicted molar refractivity (Wildman–Crippen MR) is 124 cm³/mol. The molecule has 1 aliphatic carbocycles. The van der Waals surface area contributed by atoms with Crippen molar-refractivity contribution >= 4 is 0 Å². The van der Waals surface area contributed by atoms with E-state index in [2.05, 4.69) is 45.6 Å². The molecule has 1 aliphatic heterocycles. The maximum Gasteiger partial charge on any atom is 0.179 e. The van der Waals surface area contributed by atoms with Crippen molar-refractivity contribution in [1.82, 2.24) is 4.90 Å². The van der Waals surface area contributed by atoms with E-state index in [0.717, 1.165) is 25.9 Å². The Kier molecular flexibility index (Phi) is 9.54. The van der Waals surface area contributed by atoms with E-state index in [4.69, 9.17) is 4.74 Å². The lowest BCUT2D eigenvalue weighted by atomic mass is 9.62. The Hall–Kier alpha value is -0.540. The number of likely N-dealkylation sites (tertiary alicyclic amines) is 1. The number of unbranched alkanes of at least 4 members (excludes halogenated alkanes) is 8. The van der Waals surface area contributed by atoms with Crippen molar-refractivity contribution in [2.45, 2.75) is 124 Å². The lowest BCUT2D eigenvalue weighted by Gasteiger charge is -2.55. The molecule has 1 unspecified atom stereocenters. The topological polar surface area (TPSA) is 32.7 Å². The fourth-order valence-corrected chi connectivity index (χ4v) is 5.41. The molecular weight excluding hydrogens is 358 g/mol. The van der Waals surface area contributed by atoms with E-state index in [1.807, 2.05) is 0 Å². The van der Waals surface area contributed by atoms with Gasteiger partial charge in [0.1, 0.15) is 0 Å². The molecule has 29 heavy (non-hydrogen) atoms. The highest BCUT2D eigenvalue weighted by Gasteiger charge is 2.57. The molecule has 0 aromatic heterocycles. The van der Waals surface area contributed by atoms with Crippen LogP contribution in [0, 0.1) is 10.8 Å². The molecule has 0 aromatic rings. The molecule has 2 rings (SSSR count). The van der Waals surface area contributed by atoms with Crippen LogP contribution in [-0.2, 0) is 4.74 Å². The molecule has 1 fully saturated rings. The average molecular weight is 408 g/mol. The van der Waals surface area contributed by atoms with E-state index < -0.39 is 5.79 Å². The summed E-state index contributed by atoms with van der Waals surface area (Å²) in [6, 6.07) is 0. The highest BCUT2D eigenvalue weighted by atomic mass is 16.6. The smallest absolute Gasteiger partial charge is 0.179 e. The molecule has 0 amide bonds. The van der Waals surface area contributed by atoms with Crippen LogP contribution in [0.15, 0.2) is 11.8 Å². The number of hydrogen-bond donors (Lipinski definition) is 1. The van der Waals surface area contributed by atoms with E-state index in [0.29, 0.717) is 6.61 Å². The van der Waals surface area contributed by atoms with Crippen LogP contribution in [0.25, 0.3) is 0 Å². The van der Waals surface area contributed by atoms with Crippen molar-refractivity contribution in [3.63, 3.8) is 0 Å². The Bertz CT molecular complexity index is 505. The molecule has 1 heterocycles. The van der Waals surface area contributed by atoms with Gasteiger partial charge in [-0.15, -0.1) is 0 Å². The van der Waals surface area contributed by atoms with Gasteiger partial charge in [-0.1, -0.05) is 92.1 Å². The maximum absolute atomic E-state index is 11.7. The fraction of sp³-hybridized carbons (Fsp3) is 0.923. The van der Waals surface area contributed by atoms with Crippen LogP contribution in [0.1, 0.15) is 118 Å². The number of rotatable bonds is 12. The molecule has 1 atom stereocenters. The van der Waals surface area contributed by atoms with Crippen molar-refractivity contribution in [3.05, 3.63) is 11.8 Å². The zero-order chi connectivity index (χ0) is 21.4. The van der Waals surface area contributed by atoms with Gasteiger partial charge in [0, 0.05) is 29.6 Å². The van der Waals surface area contributed by atoms with Crippen LogP contribution in [-0.4, -0.2) is 35.5 Å². The Morgan fingerprint density at radius 2 is 1.41 bits per heavy atom. The van der Waals surface area contributed by atoms with E-state index in [1.54, 1.807) is 0 Å². The van der Waals surface area contributed by atoms with Crippen LogP contribution in [0.3, 0.4) is 0 Å². The standard InChI is InChI=1S/C26H49NO2/c1-6-7-8-9-10-11-12-13-17-20-29-26(28)24(2,3)21-23(22-25(26,4)5)27-18-15-14-16-19-27/h21,28H,6-20,22H2,1-5H3. The summed E-state index contributed by atoms with van der Waals surface area (Å²) >= 11 is 0. The largest absolute Gasteiger partial charge is 0.375 e. The first-order chi connectivity index (χ1) is 13.7. The maximum atomic E-state index is 11.7. The van der Waals surface area contributed by atoms with Gasteiger partial charge in [-0.25, -0.2) is 0 Å². The summed E-state index contributed by atoms with van der Waals surface area (Å²) in [5, 5.41) is 11.7. The molecule has 0 spiro atoms. The van der Waals surface area contributed by atoms with Crippen LogP contribution in [0.2, 0.25) is 0 Å². The van der Waals surface area contributed by atoms with Gasteiger partial charge in [-0.3, -0.25) is 0 Å². The van der Waals surface area contributed by atoms with Crippen LogP contribution in [0.4, 0.5) is 0 Å². The van der Waals surface area contributed by atoms with Gasteiger partial charge in [0.15, 0.2) is 5.79 Å². The van der Waals surface area contributed by atoms with Crippen LogP contribution >= 0.6 is 0 Å². The summed E-state index contributed by atoms with van der Waals surface area (Å²) in [6.07, 6.45) is 18.9. The molecule has 170 valence electrons. The van der Waals surface area contributed by atoms with E-state index in [-0.39, 0.29) is 10.8 Å². The van der Waals surface area contributed by atoms with E-state index >= 15 is 0 Å². The van der Waals surface area contributed by atoms with Gasteiger partial charge < -0.3 is 14.7 Å². The minimum atomic E-state index is -1.11. The molecule has 3 heteroatoms. The first-order valence-electron chi connectivity index (χ1n) is 12.6. The van der Waals surface area contributed by atoms with Crippen molar-refractivity contribution in [2.24, 2.45) is 10.8 Å². The number of aliphatic hydroxyl groups is 1. The summed E-state index contributed by atoms with van der Waals surface area (Å²) < 4.78 is 6.29. The summed E-state index contributed by atoms with van der Waals surface area (Å²) in [5.41, 5.74) is 0.731. The molecule has 0 bridgehead atoms. The lowest BCUT2D eigenvalue weighted by molar-refractivity contribution is -0.315. The number of nitrogens with zero attached hydrogens (tertiary/aromatic N) is 1. The zero-order valence-corrected chi connectivity index (χ0v) is 20.2. The Morgan fingerprint density at radius 3 is 1.97 bits per heavy atom. The third kappa shape index (κ3) is 6.47. The predicted octanol–water partition coefficient (Wildman–Crippen LogP) is 7.05. The quantitative estimate of drug-likeness (QED) is 0.278. The second kappa shape index (κ2) is 11.2. The first kappa shape index (κ1) is 24.7. The summed E-state index contributed by atoms with van der Waals surface area (Å²) in [5.74, 6) is -1.11. The SMILES string of the molecule is CCCCCCCCCCCOC1(O)C(C)(C)C=C(N2CCCCC2)CC1(C)C. The minimum Gasteiger partial charge on any atom is -0.375 e. The van der Waals surface area contributed by atoms with Gasteiger partial charge >= 0.3 is 0 Å². The van der Waals surface area contributed by atoms with Gasteiger partial charge in [-0.05, 0) is 32.1 Å². The minimum absolute atomic E-state index is 0.294. The highest BCUT2D eigenvalue weighted by Crippen LogP contribution is 2.54. The van der Waals surface area contributed by atoms with Gasteiger partial charge in [0.05, 0.1) is 6.61 Å². The average Bonchev–Trinajstić information content (AvgIpc) is 2.68. The third-order valence-corrected chi connectivity index (χ3v) is 7.26. The van der Waals surface area contributed by atoms with E-state index in [9.17, 15) is 5.11 Å². The second-order valence-corrected chi connectivity index (χ2v) is 10.8. The molecule has 1 N–H and O–H groups in total. The van der Waals surface area contributed by atoms with Gasteiger partial charge in [0.25, 0.3) is 0 Å². The highest BCUT2D eigenvalue weighted by molar-refractivity contribution is 5.21. The van der Waals surface area contributed by atoms with Gasteiger partial charge in [-0.2, -0.15) is 0 Å². The molecule has 0 radical (unpaired) electrons. The first-order valence-corrected chi connectivity index (χ1v) is 12.6. The van der Waals surface area contributed by atoms with Crippen molar-refractivity contribution < 1.29 is 9.84 Å². The molecule has 0 saturated carbocycles. The Balaban J connectivity index is 1.81. The van der Waals surface area contributed by atoms with Crippen molar-refractivity contribution in [2.75, 3.05) is 19.7 Å². The number of hydrogen-bond acceptors (Lipinski definition) is 3. The molecular formula is C26H49NO2. The lowest BCUT2D eigenvalue weighted by Crippen LogP contribution is -2.60. The van der Waals surface area contributed by atoms with Gasteiger partial charge in [0.2, 0.25) is 0 Å². The van der Waals surface area contributed by atoms with Crippen LogP contribution < -0.4 is 0 Å². The third-order valence-electron chi connectivity index (χ3n) is 7.26. The monoisotopic (exact) mass is 407 g/mol. The number of ether oxygens (including phenoxy) is 1. The second-order valence-electron chi connectivity index (χ2n) is 10.8. The summed E-state index contributed by atoms with van der Waals surface area (Å²) in [4.78, 5) is 2.55. The van der Waals surface area contributed by atoms with E-state index in [1.165, 1.54) is 76.3 Å². The molecule has 1 saturated heterocycles. The van der Waals surface area contributed by atoms with Crippen LogP contribution in [0.5, 0.6) is 0 Å². The van der Waals surface area contributed by atoms with Crippen molar-refractivity contribution in [3.8, 4) is 0 Å². The molecule has 3 nitrogen and oxygen atoms in total. The normalized spacial score (nSPS) is 26.4. The molecule has 2 aliphatic rings. The fourth-order valence-electron chi connectivity index (χ4n) is 5.41. The zero-order valence-electron chi connectivity index (χ0n) is 20.2. The Labute approximate surface area is 181 Å². The Morgan fingerprint density at radius 1 is 0.862 bits per heavy atom. The number of piperidine rings is 1.